The molecule has 0 unspecified atom stereocenters. The van der Waals surface area contributed by atoms with Crippen molar-refractivity contribution in [1.82, 2.24) is 5.01 Å². The van der Waals surface area contributed by atoms with Gasteiger partial charge in [-0.1, -0.05) is 43.7 Å². The molecule has 0 aliphatic carbocycles. The van der Waals surface area contributed by atoms with Gasteiger partial charge in [0.1, 0.15) is 0 Å². The van der Waals surface area contributed by atoms with E-state index in [9.17, 15) is 4.79 Å². The molecule has 1 aliphatic rings. The summed E-state index contributed by atoms with van der Waals surface area (Å²) in [5.41, 5.74) is 2.19. The lowest BCUT2D eigenvalue weighted by atomic mass is 10.2. The van der Waals surface area contributed by atoms with Crippen molar-refractivity contribution in [2.75, 3.05) is 13.2 Å². The van der Waals surface area contributed by atoms with E-state index in [2.05, 4.69) is 12.0 Å². The second-order valence-electron chi connectivity index (χ2n) is 5.00. The molecule has 4 heteroatoms. The van der Waals surface area contributed by atoms with E-state index in [-0.39, 0.29) is 5.91 Å². The van der Waals surface area contributed by atoms with Crippen molar-refractivity contribution < 1.29 is 9.53 Å². The maximum atomic E-state index is 11.7. The molecule has 0 fully saturated rings. The third kappa shape index (κ3) is 4.46. The Morgan fingerprint density at radius 2 is 2.10 bits per heavy atom. The van der Waals surface area contributed by atoms with Crippen LogP contribution in [0.3, 0.4) is 0 Å². The molecule has 4 nitrogen and oxygen atoms in total. The summed E-state index contributed by atoms with van der Waals surface area (Å²) < 4.78 is 5.60. The molecule has 0 radical (unpaired) electrons. The largest absolute Gasteiger partial charge is 0.377 e. The van der Waals surface area contributed by atoms with Crippen LogP contribution in [-0.4, -0.2) is 29.8 Å². The van der Waals surface area contributed by atoms with Crippen LogP contribution in [0.15, 0.2) is 35.4 Å². The first-order valence-electron chi connectivity index (χ1n) is 7.28. The van der Waals surface area contributed by atoms with Crippen molar-refractivity contribution >= 4 is 11.6 Å². The lowest BCUT2D eigenvalue weighted by Crippen LogP contribution is -2.22. The summed E-state index contributed by atoms with van der Waals surface area (Å²) >= 11 is 0. The number of rotatable bonds is 8. The molecule has 1 heterocycles. The van der Waals surface area contributed by atoms with E-state index in [1.807, 2.05) is 30.3 Å². The zero-order valence-electron chi connectivity index (χ0n) is 12.0. The Balaban J connectivity index is 1.63. The van der Waals surface area contributed by atoms with Crippen LogP contribution in [0.2, 0.25) is 0 Å². The van der Waals surface area contributed by atoms with Crippen LogP contribution >= 0.6 is 0 Å². The van der Waals surface area contributed by atoms with Gasteiger partial charge in [0.05, 0.1) is 13.0 Å². The summed E-state index contributed by atoms with van der Waals surface area (Å²) in [6.07, 6.45) is 3.28. The number of hydrogen-bond donors (Lipinski definition) is 0. The zero-order chi connectivity index (χ0) is 14.2. The Labute approximate surface area is 120 Å². The molecule has 1 aromatic rings. The summed E-state index contributed by atoms with van der Waals surface area (Å²) in [5, 5.41) is 5.95. The van der Waals surface area contributed by atoms with Crippen LogP contribution in [0.5, 0.6) is 0 Å². The van der Waals surface area contributed by atoms with Crippen LogP contribution < -0.4 is 0 Å². The fraction of sp³-hybridized carbons (Fsp3) is 0.500. The number of hydrazone groups is 1. The van der Waals surface area contributed by atoms with E-state index in [1.165, 1.54) is 5.56 Å². The molecule has 1 aliphatic heterocycles. The van der Waals surface area contributed by atoms with Crippen LogP contribution in [0.1, 0.15) is 38.2 Å². The fourth-order valence-corrected chi connectivity index (χ4v) is 2.21. The van der Waals surface area contributed by atoms with Gasteiger partial charge in [-0.3, -0.25) is 4.79 Å². The number of hydrogen-bond acceptors (Lipinski definition) is 3. The highest BCUT2D eigenvalue weighted by molar-refractivity contribution is 6.04. The number of carbonyl (C=O) groups is 1. The molecule has 0 saturated carbocycles. The smallest absolute Gasteiger partial charge is 0.248 e. The topological polar surface area (TPSA) is 41.9 Å². The number of amides is 1. The monoisotopic (exact) mass is 274 g/mol. The maximum Gasteiger partial charge on any atom is 0.248 e. The van der Waals surface area contributed by atoms with Crippen LogP contribution in [-0.2, 0) is 16.1 Å². The van der Waals surface area contributed by atoms with Crippen molar-refractivity contribution in [1.29, 1.82) is 0 Å². The third-order valence-electron chi connectivity index (χ3n) is 3.21. The molecule has 0 spiro atoms. The average Bonchev–Trinajstić information content (AvgIpc) is 2.80. The fourth-order valence-electron chi connectivity index (χ4n) is 2.21. The van der Waals surface area contributed by atoms with Crippen LogP contribution in [0.25, 0.3) is 0 Å². The SMILES string of the molecule is CCCC1=NN(CCCOCc2ccccc2)C(=O)C1. The van der Waals surface area contributed by atoms with E-state index in [4.69, 9.17) is 4.74 Å². The standard InChI is InChI=1S/C16H22N2O2/c1-2-7-15-12-16(19)18(17-15)10-6-11-20-13-14-8-4-3-5-9-14/h3-5,8-9H,2,6-7,10-13H2,1H3. The minimum atomic E-state index is 0.122. The summed E-state index contributed by atoms with van der Waals surface area (Å²) in [6.45, 7) is 4.03. The van der Waals surface area contributed by atoms with Crippen molar-refractivity contribution in [2.24, 2.45) is 5.10 Å². The summed E-state index contributed by atoms with van der Waals surface area (Å²) in [5.74, 6) is 0.122. The minimum absolute atomic E-state index is 0.122. The van der Waals surface area contributed by atoms with Gasteiger partial charge in [0, 0.05) is 18.9 Å². The molecule has 0 atom stereocenters. The molecule has 20 heavy (non-hydrogen) atoms. The predicted octanol–water partition coefficient (Wildman–Crippen LogP) is 2.98. The molecule has 0 bridgehead atoms. The second-order valence-corrected chi connectivity index (χ2v) is 5.00. The number of nitrogens with zero attached hydrogens (tertiary/aromatic N) is 2. The number of carbonyl (C=O) groups excluding carboxylic acids is 1. The molecule has 1 amide bonds. The Kier molecular flexibility index (Phi) is 5.74. The minimum Gasteiger partial charge on any atom is -0.377 e. The second kappa shape index (κ2) is 7.80. The van der Waals surface area contributed by atoms with Gasteiger partial charge in [-0.2, -0.15) is 5.10 Å². The molecule has 0 saturated heterocycles. The predicted molar refractivity (Wildman–Crippen MR) is 79.4 cm³/mol. The first kappa shape index (κ1) is 14.7. The highest BCUT2D eigenvalue weighted by Gasteiger charge is 2.22. The van der Waals surface area contributed by atoms with Gasteiger partial charge in [0.2, 0.25) is 5.91 Å². The van der Waals surface area contributed by atoms with Gasteiger partial charge in [0.25, 0.3) is 0 Å². The van der Waals surface area contributed by atoms with E-state index >= 15 is 0 Å². The lowest BCUT2D eigenvalue weighted by Gasteiger charge is -2.11. The molecular weight excluding hydrogens is 252 g/mol. The quantitative estimate of drug-likeness (QED) is 0.684. The highest BCUT2D eigenvalue weighted by Crippen LogP contribution is 2.12. The summed E-state index contributed by atoms with van der Waals surface area (Å²) in [4.78, 5) is 11.7. The summed E-state index contributed by atoms with van der Waals surface area (Å²) in [7, 11) is 0. The van der Waals surface area contributed by atoms with E-state index in [1.54, 1.807) is 5.01 Å². The van der Waals surface area contributed by atoms with E-state index < -0.39 is 0 Å². The van der Waals surface area contributed by atoms with Crippen molar-refractivity contribution in [3.8, 4) is 0 Å². The Bertz CT molecular complexity index is 457. The Hall–Kier alpha value is -1.68. The lowest BCUT2D eigenvalue weighted by molar-refractivity contribution is -0.128. The summed E-state index contributed by atoms with van der Waals surface area (Å²) in [6, 6.07) is 10.1. The van der Waals surface area contributed by atoms with Gasteiger partial charge in [-0.05, 0) is 18.4 Å². The van der Waals surface area contributed by atoms with E-state index in [0.717, 1.165) is 25.0 Å². The molecule has 2 rings (SSSR count). The number of ether oxygens (including phenoxy) is 1. The van der Waals surface area contributed by atoms with Gasteiger partial charge in [-0.25, -0.2) is 5.01 Å². The molecule has 0 N–H and O–H groups in total. The van der Waals surface area contributed by atoms with Crippen molar-refractivity contribution in [2.45, 2.75) is 39.2 Å². The van der Waals surface area contributed by atoms with Crippen LogP contribution in [0, 0.1) is 0 Å². The molecular formula is C16H22N2O2. The van der Waals surface area contributed by atoms with Crippen molar-refractivity contribution in [3.05, 3.63) is 35.9 Å². The average molecular weight is 274 g/mol. The maximum absolute atomic E-state index is 11.7. The highest BCUT2D eigenvalue weighted by atomic mass is 16.5. The van der Waals surface area contributed by atoms with Crippen LogP contribution in [0.4, 0.5) is 0 Å². The molecule has 108 valence electrons. The Morgan fingerprint density at radius 3 is 2.85 bits per heavy atom. The molecule has 1 aromatic carbocycles. The zero-order valence-corrected chi connectivity index (χ0v) is 12.0. The number of benzene rings is 1. The van der Waals surface area contributed by atoms with Gasteiger partial charge in [0.15, 0.2) is 0 Å². The first-order valence-corrected chi connectivity index (χ1v) is 7.28. The molecule has 0 aromatic heterocycles. The van der Waals surface area contributed by atoms with Crippen molar-refractivity contribution in [3.63, 3.8) is 0 Å². The van der Waals surface area contributed by atoms with Gasteiger partial charge >= 0.3 is 0 Å². The van der Waals surface area contributed by atoms with Gasteiger partial charge < -0.3 is 4.74 Å². The first-order chi connectivity index (χ1) is 9.79. The van der Waals surface area contributed by atoms with Gasteiger partial charge in [-0.15, -0.1) is 0 Å². The normalized spacial score (nSPS) is 14.8. The van der Waals surface area contributed by atoms with E-state index in [0.29, 0.717) is 26.2 Å². The Morgan fingerprint density at radius 1 is 1.30 bits per heavy atom. The third-order valence-corrected chi connectivity index (χ3v) is 3.21.